The molecule has 21 heavy (non-hydrogen) atoms. The van der Waals surface area contributed by atoms with E-state index in [1.807, 2.05) is 0 Å². The van der Waals surface area contributed by atoms with Gasteiger partial charge in [0.2, 0.25) is 5.89 Å². The van der Waals surface area contributed by atoms with E-state index in [9.17, 15) is 10.1 Å². The minimum Gasteiger partial charge on any atom is -0.371 e. The van der Waals surface area contributed by atoms with E-state index in [1.165, 1.54) is 0 Å². The Morgan fingerprint density at radius 3 is 2.95 bits per heavy atom. The Morgan fingerprint density at radius 1 is 1.38 bits per heavy atom. The molecule has 0 saturated heterocycles. The van der Waals surface area contributed by atoms with Crippen molar-refractivity contribution in [1.29, 1.82) is 0 Å². The molecule has 1 aromatic carbocycles. The van der Waals surface area contributed by atoms with E-state index in [2.05, 4.69) is 20.4 Å². The molecule has 0 bridgehead atoms. The molecule has 0 aliphatic rings. The number of aromatic nitrogens is 3. The first-order chi connectivity index (χ1) is 10.1. The van der Waals surface area contributed by atoms with Crippen molar-refractivity contribution in [1.82, 2.24) is 15.1 Å². The van der Waals surface area contributed by atoms with Gasteiger partial charge in [-0.15, -0.1) is 0 Å². The predicted octanol–water partition coefficient (Wildman–Crippen LogP) is 2.45. The molecule has 3 aromatic rings. The Kier molecular flexibility index (Phi) is 3.19. The Hall–Kier alpha value is -3.03. The first-order valence-electron chi connectivity index (χ1n) is 6.20. The van der Waals surface area contributed by atoms with Crippen molar-refractivity contribution in [2.45, 2.75) is 13.5 Å². The zero-order chi connectivity index (χ0) is 14.8. The highest BCUT2D eigenvalue weighted by atomic mass is 16.6. The van der Waals surface area contributed by atoms with Gasteiger partial charge in [0.1, 0.15) is 5.69 Å². The number of aryl methyl sites for hydroxylation is 1. The number of hydrogen-bond donors (Lipinski definition) is 1. The molecule has 0 aliphatic heterocycles. The lowest BCUT2D eigenvalue weighted by atomic mass is 10.1. The summed E-state index contributed by atoms with van der Waals surface area (Å²) in [5, 5.41) is 18.4. The van der Waals surface area contributed by atoms with Gasteiger partial charge in [-0.2, -0.15) is 4.98 Å². The van der Waals surface area contributed by atoms with Gasteiger partial charge >= 0.3 is 5.69 Å². The lowest BCUT2D eigenvalue weighted by molar-refractivity contribution is -0.382. The summed E-state index contributed by atoms with van der Waals surface area (Å²) >= 11 is 0. The smallest absolute Gasteiger partial charge is 0.301 e. The highest BCUT2D eigenvalue weighted by Crippen LogP contribution is 2.32. The van der Waals surface area contributed by atoms with Gasteiger partial charge in [-0.25, -0.2) is 0 Å². The van der Waals surface area contributed by atoms with Gasteiger partial charge in [0.15, 0.2) is 5.82 Å². The number of nitrogens with zero attached hydrogens (tertiary/aromatic N) is 4. The van der Waals surface area contributed by atoms with Crippen molar-refractivity contribution in [3.05, 3.63) is 52.3 Å². The predicted molar refractivity (Wildman–Crippen MR) is 74.8 cm³/mol. The molecule has 0 aliphatic carbocycles. The quantitative estimate of drug-likeness (QED) is 0.579. The number of rotatable bonds is 4. The maximum atomic E-state index is 11.3. The average molecular weight is 285 g/mol. The van der Waals surface area contributed by atoms with E-state index >= 15 is 0 Å². The molecule has 8 nitrogen and oxygen atoms in total. The van der Waals surface area contributed by atoms with Crippen molar-refractivity contribution in [2.75, 3.05) is 5.32 Å². The molecular formula is C13H11N5O3. The van der Waals surface area contributed by atoms with Crippen LogP contribution in [0.15, 0.2) is 35.0 Å². The number of nitro groups is 1. The molecule has 0 amide bonds. The van der Waals surface area contributed by atoms with Crippen molar-refractivity contribution >= 4 is 22.3 Å². The van der Waals surface area contributed by atoms with E-state index < -0.39 is 4.92 Å². The number of hydrogen-bond acceptors (Lipinski definition) is 7. The number of anilines is 1. The fraction of sp³-hybridized carbons (Fsp3) is 0.154. The van der Waals surface area contributed by atoms with Crippen molar-refractivity contribution in [3.8, 4) is 0 Å². The third kappa shape index (κ3) is 2.50. The van der Waals surface area contributed by atoms with Crippen LogP contribution in [0.25, 0.3) is 10.9 Å². The fourth-order valence-electron chi connectivity index (χ4n) is 2.06. The van der Waals surface area contributed by atoms with Crippen LogP contribution in [0.3, 0.4) is 0 Å². The monoisotopic (exact) mass is 285 g/mol. The van der Waals surface area contributed by atoms with Gasteiger partial charge in [0.25, 0.3) is 0 Å². The highest BCUT2D eigenvalue weighted by Gasteiger charge is 2.19. The molecule has 2 aromatic heterocycles. The first-order valence-corrected chi connectivity index (χ1v) is 6.20. The summed E-state index contributed by atoms with van der Waals surface area (Å²) in [5.74, 6) is 0.886. The molecule has 0 fully saturated rings. The van der Waals surface area contributed by atoms with Crippen molar-refractivity contribution in [3.63, 3.8) is 0 Å². The first kappa shape index (κ1) is 13.0. The van der Waals surface area contributed by atoms with Gasteiger partial charge in [-0.05, 0) is 31.2 Å². The average Bonchev–Trinajstić information content (AvgIpc) is 2.89. The Labute approximate surface area is 119 Å². The van der Waals surface area contributed by atoms with E-state index in [-0.39, 0.29) is 12.2 Å². The molecule has 2 heterocycles. The fourth-order valence-corrected chi connectivity index (χ4v) is 2.06. The van der Waals surface area contributed by atoms with Crippen LogP contribution in [0.1, 0.15) is 11.7 Å². The summed E-state index contributed by atoms with van der Waals surface area (Å²) in [7, 11) is 0. The number of pyridine rings is 1. The number of nitro benzene ring substituents is 1. The SMILES string of the molecule is Cc1noc(CNc2ccc3ncccc3c2[N+](=O)[O-])n1. The molecule has 106 valence electrons. The van der Waals surface area contributed by atoms with Gasteiger partial charge in [0, 0.05) is 6.20 Å². The van der Waals surface area contributed by atoms with Crippen LogP contribution in [0.2, 0.25) is 0 Å². The van der Waals surface area contributed by atoms with Gasteiger partial charge in [-0.3, -0.25) is 15.1 Å². The summed E-state index contributed by atoms with van der Waals surface area (Å²) in [6.07, 6.45) is 1.60. The minimum atomic E-state index is -0.425. The second-order valence-corrected chi connectivity index (χ2v) is 4.38. The zero-order valence-electron chi connectivity index (χ0n) is 11.1. The van der Waals surface area contributed by atoms with Crippen LogP contribution in [0, 0.1) is 17.0 Å². The number of benzene rings is 1. The van der Waals surface area contributed by atoms with Crippen LogP contribution in [-0.2, 0) is 6.54 Å². The summed E-state index contributed by atoms with van der Waals surface area (Å²) in [6, 6.07) is 6.68. The van der Waals surface area contributed by atoms with Gasteiger partial charge < -0.3 is 9.84 Å². The summed E-state index contributed by atoms with van der Waals surface area (Å²) in [6.45, 7) is 1.92. The zero-order valence-corrected chi connectivity index (χ0v) is 11.1. The van der Waals surface area contributed by atoms with Crippen molar-refractivity contribution < 1.29 is 9.45 Å². The second-order valence-electron chi connectivity index (χ2n) is 4.38. The van der Waals surface area contributed by atoms with Crippen LogP contribution in [0.4, 0.5) is 11.4 Å². The normalized spacial score (nSPS) is 10.7. The lowest BCUT2D eigenvalue weighted by Crippen LogP contribution is -2.03. The standard InChI is InChI=1S/C13H11N5O3/c1-8-16-12(21-17-8)7-15-11-5-4-10-9(3-2-6-14-10)13(11)18(19)20/h2-6,15H,7H2,1H3. The van der Waals surface area contributed by atoms with Crippen LogP contribution >= 0.6 is 0 Å². The summed E-state index contributed by atoms with van der Waals surface area (Å²) < 4.78 is 4.97. The Morgan fingerprint density at radius 2 is 2.24 bits per heavy atom. The maximum Gasteiger partial charge on any atom is 0.301 e. The molecule has 0 atom stereocenters. The number of nitrogens with one attached hydrogen (secondary N) is 1. The van der Waals surface area contributed by atoms with Gasteiger partial charge in [-0.1, -0.05) is 5.16 Å². The highest BCUT2D eigenvalue weighted by molar-refractivity contribution is 5.94. The lowest BCUT2D eigenvalue weighted by Gasteiger charge is -2.06. The molecule has 1 N–H and O–H groups in total. The molecule has 0 spiro atoms. The Bertz CT molecular complexity index is 814. The molecule has 3 rings (SSSR count). The molecular weight excluding hydrogens is 274 g/mol. The van der Waals surface area contributed by atoms with Crippen LogP contribution in [0.5, 0.6) is 0 Å². The van der Waals surface area contributed by atoms with Crippen molar-refractivity contribution in [2.24, 2.45) is 0 Å². The van der Waals surface area contributed by atoms with E-state index in [0.717, 1.165) is 0 Å². The molecule has 8 heteroatoms. The van der Waals surface area contributed by atoms with E-state index in [1.54, 1.807) is 37.4 Å². The molecule has 0 radical (unpaired) electrons. The largest absolute Gasteiger partial charge is 0.371 e. The second kappa shape index (κ2) is 5.16. The minimum absolute atomic E-state index is 0.0168. The van der Waals surface area contributed by atoms with E-state index in [0.29, 0.717) is 28.3 Å². The van der Waals surface area contributed by atoms with Crippen LogP contribution < -0.4 is 5.32 Å². The topological polar surface area (TPSA) is 107 Å². The van der Waals surface area contributed by atoms with Gasteiger partial charge in [0.05, 0.1) is 22.4 Å². The van der Waals surface area contributed by atoms with Crippen LogP contribution in [-0.4, -0.2) is 20.0 Å². The number of fused-ring (bicyclic) bond motifs is 1. The molecule has 0 saturated carbocycles. The third-order valence-corrected chi connectivity index (χ3v) is 2.94. The molecule has 0 unspecified atom stereocenters. The maximum absolute atomic E-state index is 11.3. The van der Waals surface area contributed by atoms with E-state index in [4.69, 9.17) is 4.52 Å². The summed E-state index contributed by atoms with van der Waals surface area (Å²) in [5.41, 5.74) is 0.941. The third-order valence-electron chi connectivity index (χ3n) is 2.94. The Balaban J connectivity index is 1.97. The summed E-state index contributed by atoms with van der Waals surface area (Å²) in [4.78, 5) is 19.1.